The van der Waals surface area contributed by atoms with Crippen molar-refractivity contribution in [1.82, 2.24) is 0 Å². The van der Waals surface area contributed by atoms with Gasteiger partial charge in [0.15, 0.2) is 0 Å². The highest BCUT2D eigenvalue weighted by atomic mass is 32.2. The summed E-state index contributed by atoms with van der Waals surface area (Å²) < 4.78 is 40.3. The van der Waals surface area contributed by atoms with E-state index in [0.717, 1.165) is 12.1 Å². The molecule has 0 unspecified atom stereocenters. The number of sulfonamides is 1. The van der Waals surface area contributed by atoms with Gasteiger partial charge in [-0.3, -0.25) is 9.52 Å². The fourth-order valence-electron chi connectivity index (χ4n) is 2.32. The van der Waals surface area contributed by atoms with Crippen molar-refractivity contribution < 1.29 is 22.7 Å². The van der Waals surface area contributed by atoms with Crippen LogP contribution in [0.4, 0.5) is 15.8 Å². The second-order valence-corrected chi connectivity index (χ2v) is 7.33. The first-order valence-electron chi connectivity index (χ1n) is 7.82. The molecule has 0 aliphatic carbocycles. The molecule has 0 atom stereocenters. The Morgan fingerprint density at radius 1 is 0.889 bits per heavy atom. The largest absolute Gasteiger partial charge is 0.508 e. The summed E-state index contributed by atoms with van der Waals surface area (Å²) in [5.41, 5.74) is 0.698. The number of phenols is 1. The van der Waals surface area contributed by atoms with Gasteiger partial charge < -0.3 is 10.4 Å². The number of nitrogens with one attached hydrogen (secondary N) is 2. The molecule has 0 aliphatic heterocycles. The second-order valence-electron chi connectivity index (χ2n) is 5.64. The van der Waals surface area contributed by atoms with Crippen LogP contribution >= 0.6 is 0 Å². The molecule has 0 saturated heterocycles. The molecule has 0 radical (unpaired) electrons. The Morgan fingerprint density at radius 3 is 2.30 bits per heavy atom. The maximum Gasteiger partial charge on any atom is 0.261 e. The Labute approximate surface area is 155 Å². The van der Waals surface area contributed by atoms with E-state index in [9.17, 15) is 22.7 Å². The van der Waals surface area contributed by atoms with Crippen LogP contribution in [0.2, 0.25) is 0 Å². The molecule has 0 bridgehead atoms. The van der Waals surface area contributed by atoms with Crippen molar-refractivity contribution in [3.8, 4) is 5.75 Å². The van der Waals surface area contributed by atoms with Crippen molar-refractivity contribution in [2.75, 3.05) is 10.0 Å². The molecule has 0 fully saturated rings. The van der Waals surface area contributed by atoms with E-state index >= 15 is 0 Å². The summed E-state index contributed by atoms with van der Waals surface area (Å²) in [6.45, 7) is 0. The van der Waals surface area contributed by atoms with Gasteiger partial charge in [0, 0.05) is 23.0 Å². The first-order valence-corrected chi connectivity index (χ1v) is 9.31. The zero-order valence-electron chi connectivity index (χ0n) is 13.9. The van der Waals surface area contributed by atoms with Gasteiger partial charge in [-0.2, -0.15) is 0 Å². The van der Waals surface area contributed by atoms with E-state index in [0.29, 0.717) is 5.69 Å². The Kier molecular flexibility index (Phi) is 5.09. The molecule has 3 rings (SSSR count). The number of carbonyl (C=O) groups excluding carboxylic acids is 1. The number of carbonyl (C=O) groups is 1. The third kappa shape index (κ3) is 4.62. The van der Waals surface area contributed by atoms with Gasteiger partial charge in [0.2, 0.25) is 0 Å². The van der Waals surface area contributed by atoms with E-state index in [2.05, 4.69) is 10.0 Å². The summed E-state index contributed by atoms with van der Waals surface area (Å²) >= 11 is 0. The number of hydrogen-bond donors (Lipinski definition) is 3. The monoisotopic (exact) mass is 386 g/mol. The molecule has 0 spiro atoms. The highest BCUT2D eigenvalue weighted by Crippen LogP contribution is 2.19. The summed E-state index contributed by atoms with van der Waals surface area (Å²) in [6.07, 6.45) is 0. The lowest BCUT2D eigenvalue weighted by Gasteiger charge is -2.10. The molecule has 3 aromatic carbocycles. The molecular formula is C19H15FN2O4S. The highest BCUT2D eigenvalue weighted by Gasteiger charge is 2.17. The van der Waals surface area contributed by atoms with E-state index in [1.54, 1.807) is 12.1 Å². The van der Waals surface area contributed by atoms with Crippen LogP contribution in [-0.4, -0.2) is 19.4 Å². The van der Waals surface area contributed by atoms with Gasteiger partial charge in [0.05, 0.1) is 4.90 Å². The average molecular weight is 386 g/mol. The van der Waals surface area contributed by atoms with Crippen molar-refractivity contribution in [2.24, 2.45) is 0 Å². The Morgan fingerprint density at radius 2 is 1.59 bits per heavy atom. The van der Waals surface area contributed by atoms with Gasteiger partial charge in [-0.15, -0.1) is 0 Å². The van der Waals surface area contributed by atoms with Gasteiger partial charge in [-0.1, -0.05) is 12.1 Å². The predicted octanol–water partition coefficient (Wildman–Crippen LogP) is 3.58. The van der Waals surface area contributed by atoms with Crippen LogP contribution in [-0.2, 0) is 10.0 Å². The van der Waals surface area contributed by atoms with Gasteiger partial charge in [0.25, 0.3) is 15.9 Å². The van der Waals surface area contributed by atoms with Crippen molar-refractivity contribution >= 4 is 27.3 Å². The number of benzene rings is 3. The maximum atomic E-state index is 13.0. The molecule has 0 saturated carbocycles. The van der Waals surface area contributed by atoms with Crippen LogP contribution in [0.1, 0.15) is 10.4 Å². The number of phenolic OH excluding ortho intramolecular Hbond substituents is 1. The SMILES string of the molecule is O=C(Nc1cccc(O)c1)c1cccc(S(=O)(=O)Nc2ccc(F)cc2)c1. The minimum absolute atomic E-state index is 0.00683. The van der Waals surface area contributed by atoms with E-state index in [1.165, 1.54) is 48.5 Å². The third-order valence-corrected chi connectivity index (χ3v) is 4.99. The quantitative estimate of drug-likeness (QED) is 0.624. The minimum Gasteiger partial charge on any atom is -0.508 e. The average Bonchev–Trinajstić information content (AvgIpc) is 2.63. The summed E-state index contributed by atoms with van der Waals surface area (Å²) in [5.74, 6) is -1.02. The molecule has 8 heteroatoms. The summed E-state index contributed by atoms with van der Waals surface area (Å²) in [4.78, 5) is 12.2. The van der Waals surface area contributed by atoms with Crippen LogP contribution in [0.5, 0.6) is 5.75 Å². The number of aromatic hydroxyl groups is 1. The molecule has 0 aliphatic rings. The van der Waals surface area contributed by atoms with Gasteiger partial charge in [-0.05, 0) is 54.6 Å². The molecule has 6 nitrogen and oxygen atoms in total. The molecule has 0 aromatic heterocycles. The molecule has 0 heterocycles. The Hall–Kier alpha value is -3.39. The summed E-state index contributed by atoms with van der Waals surface area (Å²) in [5, 5.41) is 12.0. The van der Waals surface area contributed by atoms with Crippen molar-refractivity contribution in [2.45, 2.75) is 4.90 Å². The van der Waals surface area contributed by atoms with Crippen molar-refractivity contribution in [1.29, 1.82) is 0 Å². The minimum atomic E-state index is -3.95. The normalized spacial score (nSPS) is 11.0. The number of hydrogen-bond acceptors (Lipinski definition) is 4. The summed E-state index contributed by atoms with van der Waals surface area (Å²) in [6, 6.07) is 16.3. The lowest BCUT2D eigenvalue weighted by molar-refractivity contribution is 0.102. The van der Waals surface area contributed by atoms with Crippen LogP contribution in [0, 0.1) is 5.82 Å². The molecule has 138 valence electrons. The fourth-order valence-corrected chi connectivity index (χ4v) is 3.43. The zero-order chi connectivity index (χ0) is 19.4. The van der Waals surface area contributed by atoms with Crippen LogP contribution in [0.15, 0.2) is 77.7 Å². The molecule has 1 amide bonds. The van der Waals surface area contributed by atoms with Crippen LogP contribution in [0.3, 0.4) is 0 Å². The van der Waals surface area contributed by atoms with Gasteiger partial charge >= 0.3 is 0 Å². The first-order chi connectivity index (χ1) is 12.8. The fraction of sp³-hybridized carbons (Fsp3) is 0. The zero-order valence-corrected chi connectivity index (χ0v) is 14.7. The van der Waals surface area contributed by atoms with Crippen LogP contribution in [0.25, 0.3) is 0 Å². The van der Waals surface area contributed by atoms with Gasteiger partial charge in [-0.25, -0.2) is 12.8 Å². The number of rotatable bonds is 5. The van der Waals surface area contributed by atoms with E-state index in [1.807, 2.05) is 0 Å². The number of amides is 1. The lowest BCUT2D eigenvalue weighted by Crippen LogP contribution is -2.16. The molecule has 3 aromatic rings. The Bertz CT molecular complexity index is 1080. The van der Waals surface area contributed by atoms with Crippen molar-refractivity contribution in [3.05, 3.63) is 84.2 Å². The molecule has 27 heavy (non-hydrogen) atoms. The smallest absolute Gasteiger partial charge is 0.261 e. The Balaban J connectivity index is 1.81. The topological polar surface area (TPSA) is 95.5 Å². The standard InChI is InChI=1S/C19H15FN2O4S/c20-14-7-9-15(10-8-14)22-27(25,26)18-6-1-3-13(11-18)19(24)21-16-4-2-5-17(23)12-16/h1-12,22-23H,(H,21,24). The molecule has 3 N–H and O–H groups in total. The third-order valence-electron chi connectivity index (χ3n) is 3.61. The number of anilines is 2. The maximum absolute atomic E-state index is 13.0. The first kappa shape index (κ1) is 18.4. The van der Waals surface area contributed by atoms with Gasteiger partial charge in [0.1, 0.15) is 11.6 Å². The van der Waals surface area contributed by atoms with Crippen LogP contribution < -0.4 is 10.0 Å². The van der Waals surface area contributed by atoms with Crippen molar-refractivity contribution in [3.63, 3.8) is 0 Å². The predicted molar refractivity (Wildman–Crippen MR) is 99.7 cm³/mol. The highest BCUT2D eigenvalue weighted by molar-refractivity contribution is 7.92. The van der Waals surface area contributed by atoms with E-state index in [-0.39, 0.29) is 21.9 Å². The molecular weight excluding hydrogens is 371 g/mol. The number of halogens is 1. The lowest BCUT2D eigenvalue weighted by atomic mass is 10.2. The second kappa shape index (κ2) is 7.46. The van der Waals surface area contributed by atoms with E-state index < -0.39 is 21.7 Å². The summed E-state index contributed by atoms with van der Waals surface area (Å²) in [7, 11) is -3.95. The van der Waals surface area contributed by atoms with E-state index in [4.69, 9.17) is 0 Å².